The zero-order valence-electron chi connectivity index (χ0n) is 14.3. The minimum Gasteiger partial charge on any atom is -0.477 e. The normalized spacial score (nSPS) is 11.3. The first kappa shape index (κ1) is 18.3. The Balaban J connectivity index is 1.73. The molecule has 0 saturated carbocycles. The van der Waals surface area contributed by atoms with E-state index in [1.165, 1.54) is 0 Å². The van der Waals surface area contributed by atoms with Crippen LogP contribution in [0.4, 0.5) is 0 Å². The van der Waals surface area contributed by atoms with Crippen molar-refractivity contribution in [3.63, 3.8) is 0 Å². The number of esters is 1. The van der Waals surface area contributed by atoms with Crippen molar-refractivity contribution in [3.05, 3.63) is 41.6 Å². The average Bonchev–Trinajstić information content (AvgIpc) is 2.94. The van der Waals surface area contributed by atoms with Crippen molar-refractivity contribution in [1.29, 1.82) is 0 Å². The molecule has 0 aliphatic carbocycles. The lowest BCUT2D eigenvalue weighted by molar-refractivity contribution is -0.154. The first-order valence-corrected chi connectivity index (χ1v) is 8.38. The zero-order chi connectivity index (χ0) is 17.6. The van der Waals surface area contributed by atoms with E-state index >= 15 is 0 Å². The second kappa shape index (κ2) is 8.20. The van der Waals surface area contributed by atoms with Crippen molar-refractivity contribution in [2.45, 2.75) is 45.6 Å². The molecule has 0 unspecified atom stereocenters. The van der Waals surface area contributed by atoms with Gasteiger partial charge in [-0.15, -0.1) is 5.10 Å². The Hall–Kier alpha value is -2.01. The van der Waals surface area contributed by atoms with Gasteiger partial charge >= 0.3 is 5.97 Å². The fourth-order valence-corrected chi connectivity index (χ4v) is 2.32. The molecular weight excluding hydrogens is 328 g/mol. The van der Waals surface area contributed by atoms with Gasteiger partial charge in [-0.3, -0.25) is 4.79 Å². The van der Waals surface area contributed by atoms with E-state index in [0.717, 1.165) is 18.5 Å². The molecule has 0 amide bonds. The Kier molecular flexibility index (Phi) is 6.26. The van der Waals surface area contributed by atoms with Crippen LogP contribution in [-0.4, -0.2) is 28.0 Å². The quantitative estimate of drug-likeness (QED) is 0.548. The van der Waals surface area contributed by atoms with Crippen LogP contribution in [0.15, 0.2) is 36.5 Å². The standard InChI is InChI=1S/C18H23ClN2O3/c1-18(2,3)24-17(22)10-6-7-13-23-16-11-12-21(20-16)15-9-5-4-8-14(15)19/h4-5,8-9,11-12H,6-7,10,13H2,1-3H3. The van der Waals surface area contributed by atoms with Gasteiger partial charge in [0.05, 0.1) is 17.3 Å². The highest BCUT2D eigenvalue weighted by atomic mass is 35.5. The Morgan fingerprint density at radius 1 is 1.21 bits per heavy atom. The molecule has 0 aliphatic heterocycles. The summed E-state index contributed by atoms with van der Waals surface area (Å²) in [5.41, 5.74) is 0.373. The van der Waals surface area contributed by atoms with E-state index in [2.05, 4.69) is 5.10 Å². The minimum atomic E-state index is -0.431. The van der Waals surface area contributed by atoms with Crippen molar-refractivity contribution >= 4 is 17.6 Å². The summed E-state index contributed by atoms with van der Waals surface area (Å²) in [5.74, 6) is 0.359. The molecule has 0 N–H and O–H groups in total. The van der Waals surface area contributed by atoms with Crippen LogP contribution in [-0.2, 0) is 9.53 Å². The van der Waals surface area contributed by atoms with Crippen LogP contribution in [0.2, 0.25) is 5.02 Å². The molecule has 0 saturated heterocycles. The number of halogens is 1. The molecular formula is C18H23ClN2O3. The molecule has 6 heteroatoms. The summed E-state index contributed by atoms with van der Waals surface area (Å²) in [6.07, 6.45) is 3.68. The zero-order valence-corrected chi connectivity index (χ0v) is 15.0. The van der Waals surface area contributed by atoms with Crippen LogP contribution in [0.1, 0.15) is 40.0 Å². The molecule has 130 valence electrons. The minimum absolute atomic E-state index is 0.175. The second-order valence-corrected chi connectivity index (χ2v) is 6.85. The lowest BCUT2D eigenvalue weighted by Gasteiger charge is -2.19. The van der Waals surface area contributed by atoms with Gasteiger partial charge in [-0.05, 0) is 45.7 Å². The van der Waals surface area contributed by atoms with Gasteiger partial charge in [-0.2, -0.15) is 0 Å². The number of carbonyl (C=O) groups excluding carboxylic acids is 1. The molecule has 1 aromatic heterocycles. The highest BCUT2D eigenvalue weighted by Crippen LogP contribution is 2.20. The second-order valence-electron chi connectivity index (χ2n) is 6.44. The molecule has 2 rings (SSSR count). The molecule has 0 atom stereocenters. The molecule has 2 aromatic rings. The van der Waals surface area contributed by atoms with Gasteiger partial charge in [0.2, 0.25) is 5.88 Å². The molecule has 0 bridgehead atoms. The van der Waals surface area contributed by atoms with E-state index in [1.54, 1.807) is 16.9 Å². The van der Waals surface area contributed by atoms with E-state index in [-0.39, 0.29) is 5.97 Å². The lowest BCUT2D eigenvalue weighted by Crippen LogP contribution is -2.23. The number of rotatable bonds is 7. The van der Waals surface area contributed by atoms with Crippen molar-refractivity contribution in [2.24, 2.45) is 0 Å². The van der Waals surface area contributed by atoms with Gasteiger partial charge < -0.3 is 9.47 Å². The number of hydrogen-bond donors (Lipinski definition) is 0. The summed E-state index contributed by atoms with van der Waals surface area (Å²) in [7, 11) is 0. The maximum Gasteiger partial charge on any atom is 0.306 e. The molecule has 1 aromatic carbocycles. The van der Waals surface area contributed by atoms with Gasteiger partial charge in [0, 0.05) is 18.7 Å². The molecule has 1 heterocycles. The third-order valence-corrected chi connectivity index (χ3v) is 3.43. The summed E-state index contributed by atoms with van der Waals surface area (Å²) >= 11 is 6.14. The molecule has 24 heavy (non-hydrogen) atoms. The summed E-state index contributed by atoms with van der Waals surface area (Å²) in [6.45, 7) is 6.10. The van der Waals surface area contributed by atoms with E-state index in [9.17, 15) is 4.79 Å². The van der Waals surface area contributed by atoms with Gasteiger partial charge in [0.15, 0.2) is 0 Å². The van der Waals surface area contributed by atoms with Crippen molar-refractivity contribution in [2.75, 3.05) is 6.61 Å². The van der Waals surface area contributed by atoms with Crippen LogP contribution in [0.25, 0.3) is 5.69 Å². The largest absolute Gasteiger partial charge is 0.477 e. The number of para-hydroxylation sites is 1. The van der Waals surface area contributed by atoms with Crippen LogP contribution in [0, 0.1) is 0 Å². The Labute approximate surface area is 147 Å². The Morgan fingerprint density at radius 2 is 1.96 bits per heavy atom. The highest BCUT2D eigenvalue weighted by Gasteiger charge is 2.15. The Morgan fingerprint density at radius 3 is 2.67 bits per heavy atom. The van der Waals surface area contributed by atoms with E-state index < -0.39 is 5.60 Å². The number of hydrogen-bond acceptors (Lipinski definition) is 4. The number of unbranched alkanes of at least 4 members (excludes halogenated alkanes) is 1. The average molecular weight is 351 g/mol. The van der Waals surface area contributed by atoms with E-state index in [4.69, 9.17) is 21.1 Å². The van der Waals surface area contributed by atoms with Gasteiger partial charge in [0.1, 0.15) is 5.60 Å². The third kappa shape index (κ3) is 5.89. The van der Waals surface area contributed by atoms with Crippen LogP contribution in [0.5, 0.6) is 5.88 Å². The van der Waals surface area contributed by atoms with Crippen molar-refractivity contribution in [3.8, 4) is 11.6 Å². The predicted octanol–water partition coefficient (Wildman–Crippen LogP) is 4.42. The fourth-order valence-electron chi connectivity index (χ4n) is 2.10. The highest BCUT2D eigenvalue weighted by molar-refractivity contribution is 6.32. The monoisotopic (exact) mass is 350 g/mol. The number of aromatic nitrogens is 2. The number of nitrogens with zero attached hydrogens (tertiary/aromatic N) is 2. The first-order valence-electron chi connectivity index (χ1n) is 8.00. The van der Waals surface area contributed by atoms with Crippen LogP contribution < -0.4 is 4.74 Å². The van der Waals surface area contributed by atoms with E-state index in [1.807, 2.05) is 45.0 Å². The van der Waals surface area contributed by atoms with Crippen LogP contribution >= 0.6 is 11.6 Å². The fraction of sp³-hybridized carbons (Fsp3) is 0.444. The maximum absolute atomic E-state index is 11.6. The number of carbonyl (C=O) groups is 1. The first-order chi connectivity index (χ1) is 11.3. The number of benzene rings is 1. The van der Waals surface area contributed by atoms with Gasteiger partial charge in [-0.1, -0.05) is 23.7 Å². The topological polar surface area (TPSA) is 53.4 Å². The Bertz CT molecular complexity index is 677. The molecule has 0 fully saturated rings. The smallest absolute Gasteiger partial charge is 0.306 e. The van der Waals surface area contributed by atoms with Crippen LogP contribution in [0.3, 0.4) is 0 Å². The molecule has 0 radical (unpaired) electrons. The predicted molar refractivity (Wildman–Crippen MR) is 93.8 cm³/mol. The summed E-state index contributed by atoms with van der Waals surface area (Å²) in [6, 6.07) is 9.27. The maximum atomic E-state index is 11.6. The number of ether oxygens (including phenoxy) is 2. The summed E-state index contributed by atoms with van der Waals surface area (Å²) in [4.78, 5) is 11.6. The molecule has 5 nitrogen and oxygen atoms in total. The summed E-state index contributed by atoms with van der Waals surface area (Å²) in [5, 5.41) is 4.97. The van der Waals surface area contributed by atoms with Gasteiger partial charge in [0.25, 0.3) is 0 Å². The molecule has 0 spiro atoms. The van der Waals surface area contributed by atoms with Gasteiger partial charge in [-0.25, -0.2) is 4.68 Å². The summed E-state index contributed by atoms with van der Waals surface area (Å²) < 4.78 is 12.5. The third-order valence-electron chi connectivity index (χ3n) is 3.11. The lowest BCUT2D eigenvalue weighted by atomic mass is 10.2. The van der Waals surface area contributed by atoms with E-state index in [0.29, 0.717) is 23.9 Å². The molecule has 0 aliphatic rings. The van der Waals surface area contributed by atoms with Crippen molar-refractivity contribution in [1.82, 2.24) is 9.78 Å². The SMILES string of the molecule is CC(C)(C)OC(=O)CCCCOc1ccn(-c2ccccc2Cl)n1. The van der Waals surface area contributed by atoms with Crippen molar-refractivity contribution < 1.29 is 14.3 Å².